The lowest BCUT2D eigenvalue weighted by molar-refractivity contribution is -0.383. The van der Waals surface area contributed by atoms with Gasteiger partial charge in [0.25, 0.3) is 0 Å². The van der Waals surface area contributed by atoms with Crippen molar-refractivity contribution >= 4 is 39.6 Å². The molecule has 0 saturated carbocycles. The van der Waals surface area contributed by atoms with E-state index in [-0.39, 0.29) is 17.3 Å². The van der Waals surface area contributed by atoms with Crippen LogP contribution in [0.25, 0.3) is 10.9 Å². The van der Waals surface area contributed by atoms with Crippen LogP contribution in [0.2, 0.25) is 0 Å². The summed E-state index contributed by atoms with van der Waals surface area (Å²) in [5, 5.41) is 17.8. The van der Waals surface area contributed by atoms with Gasteiger partial charge in [-0.1, -0.05) is 18.2 Å². The topological polar surface area (TPSA) is 106 Å². The minimum atomic E-state index is -4.65. The summed E-state index contributed by atoms with van der Waals surface area (Å²) in [6.07, 6.45) is -3.62. The van der Waals surface area contributed by atoms with Gasteiger partial charge in [0.15, 0.2) is 0 Å². The normalized spacial score (nSPS) is 11.4. The molecule has 2 aromatic carbocycles. The van der Waals surface area contributed by atoms with Crippen LogP contribution < -0.4 is 10.6 Å². The highest BCUT2D eigenvalue weighted by Crippen LogP contribution is 2.39. The molecule has 0 bridgehead atoms. The first-order chi connectivity index (χ1) is 15.2. The van der Waals surface area contributed by atoms with E-state index >= 15 is 0 Å². The number of pyridine rings is 1. The van der Waals surface area contributed by atoms with Crippen LogP contribution in [0.15, 0.2) is 60.9 Å². The van der Waals surface area contributed by atoms with Gasteiger partial charge in [0.2, 0.25) is 11.6 Å². The van der Waals surface area contributed by atoms with E-state index in [9.17, 15) is 23.3 Å². The summed E-state index contributed by atoms with van der Waals surface area (Å²) in [5.41, 5.74) is 0.0390. The van der Waals surface area contributed by atoms with E-state index in [1.54, 1.807) is 24.3 Å². The van der Waals surface area contributed by atoms with Gasteiger partial charge < -0.3 is 10.6 Å². The fraction of sp³-hybridized carbons (Fsp3) is 0.0952. The number of nitrogens with zero attached hydrogens (tertiary/aromatic N) is 4. The van der Waals surface area contributed by atoms with Gasteiger partial charge in [0.05, 0.1) is 21.7 Å². The highest BCUT2D eigenvalue weighted by Gasteiger charge is 2.34. The first-order valence-corrected chi connectivity index (χ1v) is 9.30. The molecular weight excluding hydrogens is 425 g/mol. The van der Waals surface area contributed by atoms with Crippen LogP contribution in [-0.4, -0.2) is 19.9 Å². The molecule has 32 heavy (non-hydrogen) atoms. The zero-order chi connectivity index (χ0) is 22.9. The second kappa shape index (κ2) is 8.10. The summed E-state index contributed by atoms with van der Waals surface area (Å²) < 4.78 is 40.0. The smallest absolute Gasteiger partial charge is 0.334 e. The van der Waals surface area contributed by atoms with Gasteiger partial charge in [-0.2, -0.15) is 13.2 Å². The summed E-state index contributed by atoms with van der Waals surface area (Å²) in [5.74, 6) is -0.552. The Morgan fingerprint density at radius 1 is 0.906 bits per heavy atom. The van der Waals surface area contributed by atoms with Gasteiger partial charge in [-0.3, -0.25) is 15.1 Å². The summed E-state index contributed by atoms with van der Waals surface area (Å²) in [7, 11) is 0. The fourth-order valence-electron chi connectivity index (χ4n) is 3.19. The summed E-state index contributed by atoms with van der Waals surface area (Å²) in [6, 6.07) is 13.5. The van der Waals surface area contributed by atoms with E-state index < -0.39 is 22.4 Å². The molecule has 8 nitrogen and oxygen atoms in total. The van der Waals surface area contributed by atoms with Crippen LogP contribution in [0, 0.1) is 17.0 Å². The Morgan fingerprint density at radius 2 is 1.56 bits per heavy atom. The van der Waals surface area contributed by atoms with E-state index in [0.29, 0.717) is 16.6 Å². The van der Waals surface area contributed by atoms with Crippen molar-refractivity contribution in [2.45, 2.75) is 13.1 Å². The fourth-order valence-corrected chi connectivity index (χ4v) is 3.19. The number of nitrogens with one attached hydrogen (secondary N) is 2. The van der Waals surface area contributed by atoms with E-state index in [2.05, 4.69) is 25.6 Å². The largest absolute Gasteiger partial charge is 0.418 e. The molecule has 11 heteroatoms. The number of alkyl halides is 3. The van der Waals surface area contributed by atoms with Gasteiger partial charge >= 0.3 is 11.9 Å². The van der Waals surface area contributed by atoms with Crippen molar-refractivity contribution in [1.29, 1.82) is 0 Å². The third-order valence-electron chi connectivity index (χ3n) is 4.61. The monoisotopic (exact) mass is 440 g/mol. The third kappa shape index (κ3) is 4.13. The average Bonchev–Trinajstić information content (AvgIpc) is 2.73. The second-order valence-corrected chi connectivity index (χ2v) is 6.79. The molecule has 0 aliphatic carbocycles. The van der Waals surface area contributed by atoms with Crippen LogP contribution in [0.3, 0.4) is 0 Å². The number of benzene rings is 2. The number of halogens is 3. The number of aryl methyl sites for hydroxylation is 1. The first-order valence-electron chi connectivity index (χ1n) is 9.30. The highest BCUT2D eigenvalue weighted by molar-refractivity contribution is 5.94. The molecule has 0 saturated heterocycles. The van der Waals surface area contributed by atoms with E-state index in [1.165, 1.54) is 18.2 Å². The molecule has 0 fully saturated rings. The maximum atomic E-state index is 13.3. The van der Waals surface area contributed by atoms with E-state index in [4.69, 9.17) is 0 Å². The van der Waals surface area contributed by atoms with Crippen LogP contribution in [-0.2, 0) is 6.18 Å². The minimum absolute atomic E-state index is 0.176. The summed E-state index contributed by atoms with van der Waals surface area (Å²) in [6.45, 7) is 1.84. The predicted molar refractivity (Wildman–Crippen MR) is 113 cm³/mol. The SMILES string of the molecule is Cc1ccc2c(Nc3ncnc(Nc4ccccc4C(F)(F)F)c3[N+](=O)[O-])cccc2n1. The standard InChI is InChI=1S/C21H15F3N6O2/c1-12-9-10-13-15(27-12)7-4-8-16(13)28-19-18(30(31)32)20(26-11-25-19)29-17-6-3-2-5-14(17)21(22,23)24/h2-11H,1H3,(H2,25,26,28,29). The molecule has 2 aromatic heterocycles. The average molecular weight is 440 g/mol. The van der Waals surface area contributed by atoms with Crippen molar-refractivity contribution in [2.24, 2.45) is 0 Å². The lowest BCUT2D eigenvalue weighted by Crippen LogP contribution is -2.10. The van der Waals surface area contributed by atoms with Crippen molar-refractivity contribution in [3.63, 3.8) is 0 Å². The second-order valence-electron chi connectivity index (χ2n) is 6.79. The Kier molecular flexibility index (Phi) is 5.31. The van der Waals surface area contributed by atoms with E-state index in [0.717, 1.165) is 18.1 Å². The van der Waals surface area contributed by atoms with Crippen molar-refractivity contribution in [2.75, 3.05) is 10.6 Å². The Hall–Kier alpha value is -4.28. The number of anilines is 4. The zero-order valence-electron chi connectivity index (χ0n) is 16.5. The Labute approximate surface area is 179 Å². The molecule has 4 rings (SSSR count). The number of para-hydroxylation sites is 1. The molecule has 0 spiro atoms. The molecular formula is C21H15F3N6O2. The molecule has 0 atom stereocenters. The molecule has 2 heterocycles. The summed E-state index contributed by atoms with van der Waals surface area (Å²) >= 11 is 0. The molecule has 0 aliphatic heterocycles. The maximum absolute atomic E-state index is 13.3. The van der Waals surface area contributed by atoms with Crippen molar-refractivity contribution < 1.29 is 18.1 Å². The number of fused-ring (bicyclic) bond motifs is 1. The highest BCUT2D eigenvalue weighted by atomic mass is 19.4. The zero-order valence-corrected chi connectivity index (χ0v) is 16.5. The molecule has 0 radical (unpaired) electrons. The molecule has 0 unspecified atom stereocenters. The quantitative estimate of drug-likeness (QED) is 0.301. The van der Waals surface area contributed by atoms with Crippen LogP contribution in [0.1, 0.15) is 11.3 Å². The molecule has 0 aliphatic rings. The number of rotatable bonds is 5. The van der Waals surface area contributed by atoms with Gasteiger partial charge in [0.1, 0.15) is 6.33 Å². The van der Waals surface area contributed by atoms with Crippen LogP contribution in [0.5, 0.6) is 0 Å². The van der Waals surface area contributed by atoms with Gasteiger partial charge in [-0.05, 0) is 43.3 Å². The maximum Gasteiger partial charge on any atom is 0.418 e. The van der Waals surface area contributed by atoms with Crippen molar-refractivity contribution in [1.82, 2.24) is 15.0 Å². The molecule has 2 N–H and O–H groups in total. The first kappa shape index (κ1) is 21.0. The predicted octanol–water partition coefficient (Wildman–Crippen LogP) is 5.75. The lowest BCUT2D eigenvalue weighted by atomic mass is 10.1. The van der Waals surface area contributed by atoms with Crippen LogP contribution in [0.4, 0.5) is 41.9 Å². The number of nitro groups is 1. The minimum Gasteiger partial charge on any atom is -0.334 e. The van der Waals surface area contributed by atoms with Crippen LogP contribution >= 0.6 is 0 Å². The van der Waals surface area contributed by atoms with Crippen molar-refractivity contribution in [3.8, 4) is 0 Å². The van der Waals surface area contributed by atoms with Gasteiger partial charge in [-0.15, -0.1) is 0 Å². The summed E-state index contributed by atoms with van der Waals surface area (Å²) in [4.78, 5) is 23.2. The van der Waals surface area contributed by atoms with Gasteiger partial charge in [0, 0.05) is 16.8 Å². The lowest BCUT2D eigenvalue weighted by Gasteiger charge is -2.15. The molecule has 0 amide bonds. The van der Waals surface area contributed by atoms with Crippen molar-refractivity contribution in [3.05, 3.63) is 82.3 Å². The third-order valence-corrected chi connectivity index (χ3v) is 4.61. The molecule has 162 valence electrons. The van der Waals surface area contributed by atoms with Gasteiger partial charge in [-0.25, -0.2) is 9.97 Å². The number of hydrogen-bond donors (Lipinski definition) is 2. The number of aromatic nitrogens is 3. The Balaban J connectivity index is 1.77. The Morgan fingerprint density at radius 3 is 2.25 bits per heavy atom. The molecule has 4 aromatic rings. The Bertz CT molecular complexity index is 1330. The number of hydrogen-bond acceptors (Lipinski definition) is 7. The van der Waals surface area contributed by atoms with E-state index in [1.807, 2.05) is 13.0 Å².